The van der Waals surface area contributed by atoms with Gasteiger partial charge in [-0.2, -0.15) is 0 Å². The molecule has 0 amide bonds. The molecule has 21 heavy (non-hydrogen) atoms. The Hall–Kier alpha value is -3.36. The zero-order valence-electron chi connectivity index (χ0n) is 10.3. The van der Waals surface area contributed by atoms with Gasteiger partial charge in [-0.3, -0.25) is 30.3 Å². The maximum Gasteiger partial charge on any atom is 0.422 e. The Morgan fingerprint density at radius 1 is 0.667 bits per heavy atom. The molecule has 0 bridgehead atoms. The molecule has 0 aromatic heterocycles. The van der Waals surface area contributed by atoms with E-state index in [0.717, 1.165) is 12.1 Å². The van der Waals surface area contributed by atoms with Gasteiger partial charge in [-0.05, 0) is 11.6 Å². The summed E-state index contributed by atoms with van der Waals surface area (Å²) in [6.07, 6.45) is 0. The van der Waals surface area contributed by atoms with Gasteiger partial charge in [0.25, 0.3) is 0 Å². The van der Waals surface area contributed by atoms with Crippen LogP contribution in [-0.4, -0.2) is 14.8 Å². The first-order chi connectivity index (χ1) is 9.93. The van der Waals surface area contributed by atoms with Crippen LogP contribution in [0.4, 0.5) is 17.1 Å². The van der Waals surface area contributed by atoms with E-state index in [4.69, 9.17) is 0 Å². The Morgan fingerprint density at radius 2 is 1.24 bits per heavy atom. The molecule has 2 aromatic carbocycles. The Bertz CT molecular complexity index is 744. The highest BCUT2D eigenvalue weighted by atomic mass is 16.6. The van der Waals surface area contributed by atoms with Crippen LogP contribution in [0.2, 0.25) is 0 Å². The zero-order valence-corrected chi connectivity index (χ0v) is 10.3. The van der Waals surface area contributed by atoms with Crippen molar-refractivity contribution < 1.29 is 14.8 Å². The second kappa shape index (κ2) is 5.33. The molecule has 0 saturated heterocycles. The van der Waals surface area contributed by atoms with Crippen LogP contribution in [0.15, 0.2) is 42.5 Å². The first-order valence-corrected chi connectivity index (χ1v) is 5.59. The molecule has 9 heteroatoms. The Kier molecular flexibility index (Phi) is 3.57. The molecular formula is C12H7N3O6. The topological polar surface area (TPSA) is 129 Å². The van der Waals surface area contributed by atoms with Gasteiger partial charge in [0.2, 0.25) is 0 Å². The monoisotopic (exact) mass is 289 g/mol. The Morgan fingerprint density at radius 3 is 1.71 bits per heavy atom. The van der Waals surface area contributed by atoms with E-state index < -0.39 is 31.8 Å². The van der Waals surface area contributed by atoms with Crippen molar-refractivity contribution >= 4 is 17.1 Å². The number of nitro groups is 3. The fourth-order valence-electron chi connectivity index (χ4n) is 1.93. The maximum absolute atomic E-state index is 11.2. The third kappa shape index (κ3) is 2.52. The predicted octanol–water partition coefficient (Wildman–Crippen LogP) is 3.08. The van der Waals surface area contributed by atoms with Gasteiger partial charge in [0.1, 0.15) is 0 Å². The van der Waals surface area contributed by atoms with Crippen molar-refractivity contribution in [3.63, 3.8) is 0 Å². The molecule has 0 atom stereocenters. The minimum atomic E-state index is -1.12. The lowest BCUT2D eigenvalue weighted by Gasteiger charge is -2.04. The molecule has 0 radical (unpaired) electrons. The largest absolute Gasteiger partial charge is 0.422 e. The second-order valence-corrected chi connectivity index (χ2v) is 3.97. The van der Waals surface area contributed by atoms with Crippen LogP contribution in [0.25, 0.3) is 11.1 Å². The first kappa shape index (κ1) is 14.1. The number of nitrogens with zero attached hydrogens (tertiary/aromatic N) is 3. The summed E-state index contributed by atoms with van der Waals surface area (Å²) in [5, 5.41) is 33.0. The molecule has 0 aliphatic carbocycles. The average Bonchev–Trinajstić information content (AvgIpc) is 2.46. The smallest absolute Gasteiger partial charge is 0.258 e. The first-order valence-electron chi connectivity index (χ1n) is 5.59. The van der Waals surface area contributed by atoms with Crippen LogP contribution in [-0.2, 0) is 0 Å². The van der Waals surface area contributed by atoms with Gasteiger partial charge < -0.3 is 0 Å². The van der Waals surface area contributed by atoms with Gasteiger partial charge in [-0.15, -0.1) is 0 Å². The summed E-state index contributed by atoms with van der Waals surface area (Å²) in [6, 6.07) is 9.97. The van der Waals surface area contributed by atoms with Crippen LogP contribution in [0.3, 0.4) is 0 Å². The fourth-order valence-corrected chi connectivity index (χ4v) is 1.93. The standard InChI is InChI=1S/C12H7N3O6/c16-13(17)10-7-6-9(8-4-2-1-3-5-8)11(14(18)19)12(10)15(20)21/h1-7H. The van der Waals surface area contributed by atoms with Crippen molar-refractivity contribution in [3.8, 4) is 11.1 Å². The van der Waals surface area contributed by atoms with Crippen LogP contribution >= 0.6 is 0 Å². The van der Waals surface area contributed by atoms with Crippen molar-refractivity contribution in [2.75, 3.05) is 0 Å². The summed E-state index contributed by atoms with van der Waals surface area (Å²) in [4.78, 5) is 29.9. The van der Waals surface area contributed by atoms with E-state index in [1.54, 1.807) is 18.2 Å². The lowest BCUT2D eigenvalue weighted by Crippen LogP contribution is -2.03. The van der Waals surface area contributed by atoms with Crippen molar-refractivity contribution in [2.24, 2.45) is 0 Å². The molecule has 0 N–H and O–H groups in total. The molecule has 2 aromatic rings. The highest BCUT2D eigenvalue weighted by Gasteiger charge is 2.38. The average molecular weight is 289 g/mol. The molecule has 0 saturated carbocycles. The van der Waals surface area contributed by atoms with E-state index in [-0.39, 0.29) is 5.56 Å². The van der Waals surface area contributed by atoms with E-state index in [1.165, 1.54) is 12.1 Å². The molecule has 0 heterocycles. The van der Waals surface area contributed by atoms with Crippen molar-refractivity contribution in [2.45, 2.75) is 0 Å². The lowest BCUT2D eigenvalue weighted by atomic mass is 10.0. The molecule has 2 rings (SSSR count). The highest BCUT2D eigenvalue weighted by Crippen LogP contribution is 2.43. The van der Waals surface area contributed by atoms with E-state index in [2.05, 4.69) is 0 Å². The summed E-state index contributed by atoms with van der Waals surface area (Å²) < 4.78 is 0. The molecule has 0 aliphatic rings. The van der Waals surface area contributed by atoms with Crippen molar-refractivity contribution in [1.82, 2.24) is 0 Å². The summed E-state index contributed by atoms with van der Waals surface area (Å²) in [7, 11) is 0. The Labute approximate surface area is 116 Å². The minimum Gasteiger partial charge on any atom is -0.258 e. The van der Waals surface area contributed by atoms with Crippen molar-refractivity contribution in [1.29, 1.82) is 0 Å². The van der Waals surface area contributed by atoms with Crippen molar-refractivity contribution in [3.05, 3.63) is 72.8 Å². The number of hydrogen-bond donors (Lipinski definition) is 0. The van der Waals surface area contributed by atoms with Gasteiger partial charge in [0, 0.05) is 6.07 Å². The predicted molar refractivity (Wildman–Crippen MR) is 71.8 cm³/mol. The molecule has 0 aliphatic heterocycles. The Balaban J connectivity index is 2.86. The minimum absolute atomic E-state index is 0.0436. The normalized spacial score (nSPS) is 10.1. The molecule has 0 spiro atoms. The van der Waals surface area contributed by atoms with Crippen LogP contribution < -0.4 is 0 Å². The fraction of sp³-hybridized carbons (Fsp3) is 0. The van der Waals surface area contributed by atoms with Gasteiger partial charge in [0.05, 0.1) is 20.3 Å². The summed E-state index contributed by atoms with van der Waals surface area (Å²) >= 11 is 0. The summed E-state index contributed by atoms with van der Waals surface area (Å²) in [5.41, 5.74) is -2.60. The SMILES string of the molecule is O=[N+]([O-])c1ccc(-c2ccccc2)c([N+](=O)[O-])c1[N+](=O)[O-]. The lowest BCUT2D eigenvalue weighted by molar-refractivity contribution is -0.440. The second-order valence-electron chi connectivity index (χ2n) is 3.97. The van der Waals surface area contributed by atoms with Gasteiger partial charge >= 0.3 is 17.1 Å². The summed E-state index contributed by atoms with van der Waals surface area (Å²) in [6.45, 7) is 0. The highest BCUT2D eigenvalue weighted by molar-refractivity contribution is 5.83. The molecule has 9 nitrogen and oxygen atoms in total. The van der Waals surface area contributed by atoms with E-state index in [9.17, 15) is 30.3 Å². The molecule has 106 valence electrons. The van der Waals surface area contributed by atoms with E-state index in [1.807, 2.05) is 0 Å². The quantitative estimate of drug-likeness (QED) is 0.628. The number of benzene rings is 2. The summed E-state index contributed by atoms with van der Waals surface area (Å²) in [5.74, 6) is 0. The number of rotatable bonds is 4. The third-order valence-electron chi connectivity index (χ3n) is 2.78. The third-order valence-corrected chi connectivity index (χ3v) is 2.78. The number of hydrogen-bond acceptors (Lipinski definition) is 6. The molecule has 0 unspecified atom stereocenters. The van der Waals surface area contributed by atoms with Crippen LogP contribution in [0.5, 0.6) is 0 Å². The van der Waals surface area contributed by atoms with Crippen LogP contribution in [0, 0.1) is 30.3 Å². The van der Waals surface area contributed by atoms with E-state index in [0.29, 0.717) is 5.56 Å². The molecular weight excluding hydrogens is 282 g/mol. The maximum atomic E-state index is 11.2. The number of nitro benzene ring substituents is 3. The molecule has 0 fully saturated rings. The zero-order chi connectivity index (χ0) is 15.6. The van der Waals surface area contributed by atoms with Gasteiger partial charge in [0.15, 0.2) is 0 Å². The van der Waals surface area contributed by atoms with Crippen LogP contribution in [0.1, 0.15) is 0 Å². The van der Waals surface area contributed by atoms with Gasteiger partial charge in [-0.1, -0.05) is 30.3 Å². The van der Waals surface area contributed by atoms with Gasteiger partial charge in [-0.25, -0.2) is 0 Å². The van der Waals surface area contributed by atoms with E-state index >= 15 is 0 Å².